The minimum Gasteiger partial charge on any atom is -0.504 e. The predicted molar refractivity (Wildman–Crippen MR) is 90.3 cm³/mol. The molecular formula is C18H22N2O4. The number of rotatable bonds is 4. The third-order valence-electron chi connectivity index (χ3n) is 4.41. The van der Waals surface area contributed by atoms with E-state index in [4.69, 9.17) is 0 Å². The molecule has 6 nitrogen and oxygen atoms in total. The maximum absolute atomic E-state index is 9.66. The van der Waals surface area contributed by atoms with Crippen molar-refractivity contribution in [2.24, 2.45) is 0 Å². The molecule has 128 valence electrons. The Morgan fingerprint density at radius 2 is 1.50 bits per heavy atom. The van der Waals surface area contributed by atoms with Gasteiger partial charge in [0.05, 0.1) is 0 Å². The predicted octanol–water partition coefficient (Wildman–Crippen LogP) is 1.53. The van der Waals surface area contributed by atoms with Crippen LogP contribution in [0.5, 0.6) is 23.0 Å². The molecule has 2 aromatic rings. The first-order valence-corrected chi connectivity index (χ1v) is 7.99. The van der Waals surface area contributed by atoms with Crippen molar-refractivity contribution in [3.05, 3.63) is 47.5 Å². The first kappa shape index (κ1) is 16.4. The number of phenols is 4. The average molecular weight is 330 g/mol. The molecule has 1 saturated heterocycles. The highest BCUT2D eigenvalue weighted by Crippen LogP contribution is 2.28. The van der Waals surface area contributed by atoms with Gasteiger partial charge in [-0.15, -0.1) is 0 Å². The summed E-state index contributed by atoms with van der Waals surface area (Å²) in [6.45, 7) is 3.26. The quantitative estimate of drug-likeness (QED) is 0.546. The molecule has 0 amide bonds. The van der Waals surface area contributed by atoms with Crippen LogP contribution in [0.3, 0.4) is 0 Å². The van der Waals surface area contributed by atoms with Crippen molar-refractivity contribution >= 4 is 0 Å². The van der Waals surface area contributed by atoms with Crippen molar-refractivity contribution in [1.82, 2.24) is 10.2 Å². The SMILES string of the molecule is Oc1ccc(CC2CNCCN2Cc2ccc(O)c(O)c2)cc1O. The van der Waals surface area contributed by atoms with Gasteiger partial charge < -0.3 is 25.7 Å². The lowest BCUT2D eigenvalue weighted by atomic mass is 10.0. The number of aromatic hydroxyl groups is 4. The van der Waals surface area contributed by atoms with Gasteiger partial charge in [0.25, 0.3) is 0 Å². The number of nitrogens with one attached hydrogen (secondary N) is 1. The standard InChI is InChI=1S/C18H22N2O4/c21-15-3-1-12(8-17(15)23)7-14-10-19-5-6-20(14)11-13-2-4-16(22)18(24)9-13/h1-4,8-9,14,19,21-24H,5-7,10-11H2. The topological polar surface area (TPSA) is 96.2 Å². The number of phenolic OH excluding ortho intramolecular Hbond substituents is 4. The maximum atomic E-state index is 9.66. The second-order valence-electron chi connectivity index (χ2n) is 6.18. The van der Waals surface area contributed by atoms with Crippen LogP contribution in [0, 0.1) is 0 Å². The smallest absolute Gasteiger partial charge is 0.157 e. The Balaban J connectivity index is 1.72. The molecule has 1 heterocycles. The second kappa shape index (κ2) is 6.98. The molecule has 0 bridgehead atoms. The van der Waals surface area contributed by atoms with Crippen molar-refractivity contribution in [3.8, 4) is 23.0 Å². The van der Waals surface area contributed by atoms with Crippen LogP contribution < -0.4 is 5.32 Å². The number of hydrogen-bond acceptors (Lipinski definition) is 6. The van der Waals surface area contributed by atoms with Gasteiger partial charge >= 0.3 is 0 Å². The van der Waals surface area contributed by atoms with Crippen LogP contribution in [0.2, 0.25) is 0 Å². The molecular weight excluding hydrogens is 308 g/mol. The molecule has 6 heteroatoms. The molecule has 0 saturated carbocycles. The maximum Gasteiger partial charge on any atom is 0.157 e. The lowest BCUT2D eigenvalue weighted by Crippen LogP contribution is -2.51. The van der Waals surface area contributed by atoms with Gasteiger partial charge in [0.2, 0.25) is 0 Å². The third-order valence-corrected chi connectivity index (χ3v) is 4.41. The minimum absolute atomic E-state index is 0.105. The molecule has 0 aliphatic carbocycles. The summed E-state index contributed by atoms with van der Waals surface area (Å²) in [6.07, 6.45) is 0.741. The zero-order chi connectivity index (χ0) is 17.1. The van der Waals surface area contributed by atoms with E-state index < -0.39 is 0 Å². The lowest BCUT2D eigenvalue weighted by Gasteiger charge is -2.36. The van der Waals surface area contributed by atoms with E-state index in [1.54, 1.807) is 18.2 Å². The molecule has 1 aliphatic rings. The van der Waals surface area contributed by atoms with Crippen molar-refractivity contribution < 1.29 is 20.4 Å². The van der Waals surface area contributed by atoms with Crippen LogP contribution in [0.15, 0.2) is 36.4 Å². The average Bonchev–Trinajstić information content (AvgIpc) is 2.56. The van der Waals surface area contributed by atoms with Crippen molar-refractivity contribution in [2.75, 3.05) is 19.6 Å². The second-order valence-corrected chi connectivity index (χ2v) is 6.18. The fourth-order valence-corrected chi connectivity index (χ4v) is 3.08. The summed E-state index contributed by atoms with van der Waals surface area (Å²) in [6, 6.07) is 10.0. The van der Waals surface area contributed by atoms with Gasteiger partial charge in [-0.05, 0) is 41.8 Å². The summed E-state index contributed by atoms with van der Waals surface area (Å²) in [5.41, 5.74) is 1.89. The van der Waals surface area contributed by atoms with E-state index in [0.717, 1.165) is 37.2 Å². The zero-order valence-electron chi connectivity index (χ0n) is 13.3. The van der Waals surface area contributed by atoms with Crippen LogP contribution >= 0.6 is 0 Å². The molecule has 5 N–H and O–H groups in total. The van der Waals surface area contributed by atoms with Gasteiger partial charge in [-0.1, -0.05) is 12.1 Å². The van der Waals surface area contributed by atoms with Gasteiger partial charge in [-0.25, -0.2) is 0 Å². The van der Waals surface area contributed by atoms with Crippen LogP contribution in [-0.2, 0) is 13.0 Å². The number of hydrogen-bond donors (Lipinski definition) is 5. The van der Waals surface area contributed by atoms with Crippen molar-refractivity contribution in [1.29, 1.82) is 0 Å². The molecule has 1 aliphatic heterocycles. The number of benzene rings is 2. The molecule has 2 aromatic carbocycles. The molecule has 24 heavy (non-hydrogen) atoms. The van der Waals surface area contributed by atoms with E-state index in [9.17, 15) is 20.4 Å². The van der Waals surface area contributed by atoms with Gasteiger partial charge in [-0.3, -0.25) is 4.90 Å². The van der Waals surface area contributed by atoms with Crippen molar-refractivity contribution in [3.63, 3.8) is 0 Å². The van der Waals surface area contributed by atoms with E-state index in [2.05, 4.69) is 10.2 Å². The van der Waals surface area contributed by atoms with E-state index >= 15 is 0 Å². The molecule has 1 fully saturated rings. The Labute approximate surface area is 140 Å². The van der Waals surface area contributed by atoms with Crippen LogP contribution in [-0.4, -0.2) is 51.0 Å². The molecule has 3 rings (SSSR count). The fraction of sp³-hybridized carbons (Fsp3) is 0.333. The summed E-state index contributed by atoms with van der Waals surface area (Å²) in [4.78, 5) is 2.31. The highest BCUT2D eigenvalue weighted by atomic mass is 16.3. The number of nitrogens with zero attached hydrogens (tertiary/aromatic N) is 1. The Morgan fingerprint density at radius 3 is 2.17 bits per heavy atom. The number of piperazine rings is 1. The van der Waals surface area contributed by atoms with Crippen LogP contribution in [0.1, 0.15) is 11.1 Å². The summed E-state index contributed by atoms with van der Waals surface area (Å²) in [5, 5.41) is 41.5. The highest BCUT2D eigenvalue weighted by Gasteiger charge is 2.23. The van der Waals surface area contributed by atoms with Gasteiger partial charge in [0.15, 0.2) is 23.0 Å². The first-order chi connectivity index (χ1) is 11.5. The van der Waals surface area contributed by atoms with E-state index in [-0.39, 0.29) is 29.0 Å². The van der Waals surface area contributed by atoms with Crippen LogP contribution in [0.25, 0.3) is 0 Å². The van der Waals surface area contributed by atoms with Gasteiger partial charge in [0, 0.05) is 32.2 Å². The van der Waals surface area contributed by atoms with E-state index in [0.29, 0.717) is 6.54 Å². The Hall–Kier alpha value is -2.44. The van der Waals surface area contributed by atoms with Gasteiger partial charge in [-0.2, -0.15) is 0 Å². The minimum atomic E-state index is -0.116. The van der Waals surface area contributed by atoms with Crippen molar-refractivity contribution in [2.45, 2.75) is 19.0 Å². The Bertz CT molecular complexity index is 659. The third kappa shape index (κ3) is 3.72. The Kier molecular flexibility index (Phi) is 4.78. The van der Waals surface area contributed by atoms with E-state index in [1.165, 1.54) is 12.1 Å². The zero-order valence-corrected chi connectivity index (χ0v) is 13.3. The molecule has 0 radical (unpaired) electrons. The summed E-state index contributed by atoms with van der Waals surface area (Å²) >= 11 is 0. The Morgan fingerprint density at radius 1 is 0.875 bits per heavy atom. The molecule has 1 atom stereocenters. The fourth-order valence-electron chi connectivity index (χ4n) is 3.08. The molecule has 0 spiro atoms. The lowest BCUT2D eigenvalue weighted by molar-refractivity contribution is 0.152. The highest BCUT2D eigenvalue weighted by molar-refractivity contribution is 5.41. The van der Waals surface area contributed by atoms with Gasteiger partial charge in [0.1, 0.15) is 0 Å². The summed E-state index contributed by atoms with van der Waals surface area (Å²) < 4.78 is 0. The molecule has 0 aromatic heterocycles. The van der Waals surface area contributed by atoms with E-state index in [1.807, 2.05) is 6.07 Å². The monoisotopic (exact) mass is 330 g/mol. The summed E-state index contributed by atoms with van der Waals surface area (Å²) in [5.74, 6) is -0.443. The molecule has 1 unspecified atom stereocenters. The normalized spacial score (nSPS) is 18.6. The first-order valence-electron chi connectivity index (χ1n) is 7.99. The summed E-state index contributed by atoms with van der Waals surface area (Å²) in [7, 11) is 0. The largest absolute Gasteiger partial charge is 0.504 e. The van der Waals surface area contributed by atoms with Crippen LogP contribution in [0.4, 0.5) is 0 Å².